The van der Waals surface area contributed by atoms with Crippen molar-refractivity contribution in [3.63, 3.8) is 0 Å². The van der Waals surface area contributed by atoms with Crippen molar-refractivity contribution >= 4 is 5.96 Å². The van der Waals surface area contributed by atoms with Gasteiger partial charge in [-0.2, -0.15) is 0 Å². The van der Waals surface area contributed by atoms with Gasteiger partial charge in [-0.05, 0) is 67.7 Å². The SMILES string of the molecule is COc1ccc(C(CN=C(N)NCCc2ccc(OC)c(OC)c2)N2CCCC2)cc1. The van der Waals surface area contributed by atoms with E-state index in [4.69, 9.17) is 19.9 Å². The zero-order valence-corrected chi connectivity index (χ0v) is 18.8. The van der Waals surface area contributed by atoms with Crippen LogP contribution in [-0.2, 0) is 6.42 Å². The molecular formula is C24H34N4O3. The molecule has 0 bridgehead atoms. The molecule has 1 saturated heterocycles. The van der Waals surface area contributed by atoms with E-state index >= 15 is 0 Å². The Hall–Kier alpha value is -2.93. The molecule has 1 heterocycles. The van der Waals surface area contributed by atoms with E-state index in [1.807, 2.05) is 30.3 Å². The fourth-order valence-electron chi connectivity index (χ4n) is 3.92. The molecule has 3 N–H and O–H groups in total. The molecule has 1 aliphatic rings. The molecule has 168 valence electrons. The maximum absolute atomic E-state index is 6.17. The first-order valence-electron chi connectivity index (χ1n) is 10.8. The first-order valence-corrected chi connectivity index (χ1v) is 10.8. The van der Waals surface area contributed by atoms with Crippen LogP contribution >= 0.6 is 0 Å². The Kier molecular flexibility index (Phi) is 8.41. The molecule has 0 amide bonds. The normalized spacial score (nSPS) is 15.5. The number of nitrogens with zero attached hydrogens (tertiary/aromatic N) is 2. The van der Waals surface area contributed by atoms with Gasteiger partial charge in [-0.15, -0.1) is 0 Å². The molecule has 0 spiro atoms. The van der Waals surface area contributed by atoms with E-state index in [1.54, 1.807) is 21.3 Å². The topological polar surface area (TPSA) is 81.3 Å². The maximum Gasteiger partial charge on any atom is 0.188 e. The van der Waals surface area contributed by atoms with Crippen molar-refractivity contribution in [2.75, 3.05) is 47.5 Å². The fraction of sp³-hybridized carbons (Fsp3) is 0.458. The Morgan fingerprint density at radius 1 is 1.00 bits per heavy atom. The first-order chi connectivity index (χ1) is 15.1. The molecule has 2 aromatic carbocycles. The van der Waals surface area contributed by atoms with E-state index < -0.39 is 0 Å². The lowest BCUT2D eigenvalue weighted by Gasteiger charge is -2.27. The Morgan fingerprint density at radius 2 is 1.71 bits per heavy atom. The van der Waals surface area contributed by atoms with Gasteiger partial charge in [-0.3, -0.25) is 9.89 Å². The van der Waals surface area contributed by atoms with Crippen LogP contribution in [0.2, 0.25) is 0 Å². The lowest BCUT2D eigenvalue weighted by Crippen LogP contribution is -2.35. The molecule has 7 nitrogen and oxygen atoms in total. The molecule has 2 aromatic rings. The molecule has 0 saturated carbocycles. The highest BCUT2D eigenvalue weighted by Crippen LogP contribution is 2.28. The van der Waals surface area contributed by atoms with E-state index in [2.05, 4.69) is 27.3 Å². The summed E-state index contributed by atoms with van der Waals surface area (Å²) in [5.41, 5.74) is 8.55. The summed E-state index contributed by atoms with van der Waals surface area (Å²) in [5, 5.41) is 3.23. The number of hydrogen-bond acceptors (Lipinski definition) is 5. The average molecular weight is 427 g/mol. The third-order valence-corrected chi connectivity index (χ3v) is 5.68. The van der Waals surface area contributed by atoms with Crippen LogP contribution in [0.25, 0.3) is 0 Å². The fourth-order valence-corrected chi connectivity index (χ4v) is 3.92. The van der Waals surface area contributed by atoms with Crippen molar-refractivity contribution in [3.05, 3.63) is 53.6 Å². The number of benzene rings is 2. The molecule has 1 aliphatic heterocycles. The van der Waals surface area contributed by atoms with Crippen molar-refractivity contribution in [2.24, 2.45) is 10.7 Å². The van der Waals surface area contributed by atoms with Gasteiger partial charge in [0, 0.05) is 6.54 Å². The van der Waals surface area contributed by atoms with E-state index in [-0.39, 0.29) is 6.04 Å². The van der Waals surface area contributed by atoms with E-state index in [0.717, 1.165) is 42.3 Å². The minimum absolute atomic E-state index is 0.222. The monoisotopic (exact) mass is 426 g/mol. The molecule has 31 heavy (non-hydrogen) atoms. The van der Waals surface area contributed by atoms with Crippen LogP contribution in [-0.4, -0.2) is 58.4 Å². The second kappa shape index (κ2) is 11.5. The highest BCUT2D eigenvalue weighted by Gasteiger charge is 2.23. The van der Waals surface area contributed by atoms with Crippen LogP contribution in [0, 0.1) is 0 Å². The Bertz CT molecular complexity index is 848. The lowest BCUT2D eigenvalue weighted by atomic mass is 10.1. The highest BCUT2D eigenvalue weighted by atomic mass is 16.5. The van der Waals surface area contributed by atoms with Gasteiger partial charge in [-0.25, -0.2) is 0 Å². The van der Waals surface area contributed by atoms with Crippen LogP contribution in [0.5, 0.6) is 17.2 Å². The number of guanidine groups is 1. The molecule has 1 fully saturated rings. The van der Waals surface area contributed by atoms with Crippen LogP contribution in [0.4, 0.5) is 0 Å². The molecule has 0 aliphatic carbocycles. The van der Waals surface area contributed by atoms with E-state index in [9.17, 15) is 0 Å². The number of hydrogen-bond donors (Lipinski definition) is 2. The van der Waals surface area contributed by atoms with E-state index in [0.29, 0.717) is 19.0 Å². The third kappa shape index (κ3) is 6.28. The zero-order valence-electron chi connectivity index (χ0n) is 18.8. The predicted molar refractivity (Wildman–Crippen MR) is 124 cm³/mol. The van der Waals surface area contributed by atoms with Gasteiger partial charge in [0.15, 0.2) is 17.5 Å². The van der Waals surface area contributed by atoms with E-state index in [1.165, 1.54) is 18.4 Å². The summed E-state index contributed by atoms with van der Waals surface area (Å²) < 4.78 is 16.0. The molecule has 3 rings (SSSR count). The summed E-state index contributed by atoms with van der Waals surface area (Å²) >= 11 is 0. The van der Waals surface area contributed by atoms with Crippen molar-refractivity contribution in [1.82, 2.24) is 10.2 Å². The van der Waals surface area contributed by atoms with Crippen LogP contribution in [0.15, 0.2) is 47.5 Å². The van der Waals surface area contributed by atoms with Crippen LogP contribution in [0.1, 0.15) is 30.0 Å². The molecule has 1 atom stereocenters. The number of nitrogens with one attached hydrogen (secondary N) is 1. The smallest absolute Gasteiger partial charge is 0.188 e. The lowest BCUT2D eigenvalue weighted by molar-refractivity contribution is 0.251. The molecular weight excluding hydrogens is 392 g/mol. The van der Waals surface area contributed by atoms with Crippen LogP contribution in [0.3, 0.4) is 0 Å². The molecule has 0 radical (unpaired) electrons. The van der Waals surface area contributed by atoms with Crippen LogP contribution < -0.4 is 25.3 Å². The molecule has 0 aromatic heterocycles. The standard InChI is InChI=1S/C24H34N4O3/c1-29-20-9-7-19(8-10-20)21(28-14-4-5-15-28)17-27-24(25)26-13-12-18-6-11-22(30-2)23(16-18)31-3/h6-11,16,21H,4-5,12-15,17H2,1-3H3,(H3,25,26,27). The van der Waals surface area contributed by atoms with Gasteiger partial charge in [0.2, 0.25) is 0 Å². The summed E-state index contributed by atoms with van der Waals surface area (Å²) in [4.78, 5) is 7.13. The summed E-state index contributed by atoms with van der Waals surface area (Å²) in [6.45, 7) is 3.51. The number of methoxy groups -OCH3 is 3. The van der Waals surface area contributed by atoms with Crippen molar-refractivity contribution in [2.45, 2.75) is 25.3 Å². The van der Waals surface area contributed by atoms with Gasteiger partial charge in [0.1, 0.15) is 5.75 Å². The van der Waals surface area contributed by atoms with Gasteiger partial charge < -0.3 is 25.3 Å². The Labute approximate surface area is 185 Å². The van der Waals surface area contributed by atoms with Gasteiger partial charge >= 0.3 is 0 Å². The number of likely N-dealkylation sites (tertiary alicyclic amines) is 1. The summed E-state index contributed by atoms with van der Waals surface area (Å²) in [6, 6.07) is 14.4. The second-order valence-electron chi connectivity index (χ2n) is 7.62. The summed E-state index contributed by atoms with van der Waals surface area (Å²) in [6.07, 6.45) is 3.27. The first kappa shape index (κ1) is 22.7. The predicted octanol–water partition coefficient (Wildman–Crippen LogP) is 3.00. The summed E-state index contributed by atoms with van der Waals surface area (Å²) in [7, 11) is 4.97. The maximum atomic E-state index is 6.17. The Morgan fingerprint density at radius 3 is 2.35 bits per heavy atom. The zero-order chi connectivity index (χ0) is 22.1. The highest BCUT2D eigenvalue weighted by molar-refractivity contribution is 5.77. The Balaban J connectivity index is 1.57. The number of aliphatic imine (C=N–C) groups is 1. The molecule has 7 heteroatoms. The molecule has 1 unspecified atom stereocenters. The van der Waals surface area contributed by atoms with Gasteiger partial charge in [-0.1, -0.05) is 18.2 Å². The average Bonchev–Trinajstić information content (AvgIpc) is 3.34. The van der Waals surface area contributed by atoms with Gasteiger partial charge in [0.05, 0.1) is 33.9 Å². The number of ether oxygens (including phenoxy) is 3. The number of nitrogens with two attached hydrogens (primary N) is 1. The van der Waals surface area contributed by atoms with Gasteiger partial charge in [0.25, 0.3) is 0 Å². The quantitative estimate of drug-likeness (QED) is 0.449. The second-order valence-corrected chi connectivity index (χ2v) is 7.62. The van der Waals surface area contributed by atoms with Crippen molar-refractivity contribution < 1.29 is 14.2 Å². The van der Waals surface area contributed by atoms with Crippen molar-refractivity contribution in [1.29, 1.82) is 0 Å². The number of rotatable bonds is 10. The summed E-state index contributed by atoms with van der Waals surface area (Å²) in [5.74, 6) is 2.79. The minimum atomic E-state index is 0.222. The largest absolute Gasteiger partial charge is 0.497 e. The van der Waals surface area contributed by atoms with Crippen molar-refractivity contribution in [3.8, 4) is 17.2 Å². The third-order valence-electron chi connectivity index (χ3n) is 5.68. The minimum Gasteiger partial charge on any atom is -0.497 e.